The zero-order chi connectivity index (χ0) is 14.0. The van der Waals surface area contributed by atoms with Gasteiger partial charge in [-0.25, -0.2) is 4.98 Å². The quantitative estimate of drug-likeness (QED) is 0.892. The molecule has 0 aliphatic heterocycles. The number of hydrogen-bond acceptors (Lipinski definition) is 4. The van der Waals surface area contributed by atoms with Gasteiger partial charge in [0.05, 0.1) is 10.7 Å². The van der Waals surface area contributed by atoms with E-state index in [2.05, 4.69) is 20.6 Å². The second-order valence-corrected chi connectivity index (χ2v) is 5.00. The van der Waals surface area contributed by atoms with Crippen LogP contribution in [0, 0.1) is 13.8 Å². The number of hydrogen-bond donors (Lipinski definition) is 2. The summed E-state index contributed by atoms with van der Waals surface area (Å²) >= 11 is 12.3. The molecule has 1 heterocycles. The zero-order valence-electron chi connectivity index (χ0n) is 10.9. The Balaban J connectivity index is 2.38. The van der Waals surface area contributed by atoms with Crippen molar-refractivity contribution in [2.45, 2.75) is 13.8 Å². The van der Waals surface area contributed by atoms with Crippen molar-refractivity contribution in [3.8, 4) is 0 Å². The van der Waals surface area contributed by atoms with Crippen LogP contribution in [-0.2, 0) is 0 Å². The van der Waals surface area contributed by atoms with Crippen LogP contribution in [0.25, 0.3) is 0 Å². The van der Waals surface area contributed by atoms with Crippen molar-refractivity contribution in [2.75, 3.05) is 17.7 Å². The van der Waals surface area contributed by atoms with Crippen LogP contribution in [0.1, 0.15) is 11.1 Å². The van der Waals surface area contributed by atoms with Crippen molar-refractivity contribution < 1.29 is 0 Å². The highest BCUT2D eigenvalue weighted by molar-refractivity contribution is 6.35. The molecule has 0 atom stereocenters. The fraction of sp³-hybridized carbons (Fsp3) is 0.231. The third kappa shape index (κ3) is 3.08. The molecule has 2 aromatic rings. The van der Waals surface area contributed by atoms with E-state index in [1.807, 2.05) is 19.9 Å². The SMILES string of the molecule is CNc1ncc(C)c(Nc2cc(Cl)c(C)cc2Cl)n1. The van der Waals surface area contributed by atoms with E-state index in [4.69, 9.17) is 23.2 Å². The lowest BCUT2D eigenvalue weighted by Crippen LogP contribution is -2.02. The van der Waals surface area contributed by atoms with Gasteiger partial charge in [0.25, 0.3) is 0 Å². The molecule has 0 fully saturated rings. The number of benzene rings is 1. The number of halogens is 2. The molecule has 2 N–H and O–H groups in total. The summed E-state index contributed by atoms with van der Waals surface area (Å²) in [6, 6.07) is 3.61. The van der Waals surface area contributed by atoms with E-state index < -0.39 is 0 Å². The van der Waals surface area contributed by atoms with E-state index in [0.29, 0.717) is 21.8 Å². The van der Waals surface area contributed by atoms with Crippen molar-refractivity contribution in [2.24, 2.45) is 0 Å². The van der Waals surface area contributed by atoms with Gasteiger partial charge in [-0.3, -0.25) is 0 Å². The van der Waals surface area contributed by atoms with E-state index in [1.165, 1.54) is 0 Å². The summed E-state index contributed by atoms with van der Waals surface area (Å²) in [7, 11) is 1.77. The molecule has 19 heavy (non-hydrogen) atoms. The Morgan fingerprint density at radius 2 is 1.79 bits per heavy atom. The lowest BCUT2D eigenvalue weighted by atomic mass is 10.2. The van der Waals surface area contributed by atoms with Crippen molar-refractivity contribution >= 4 is 40.7 Å². The van der Waals surface area contributed by atoms with Crippen LogP contribution in [0.2, 0.25) is 10.0 Å². The summed E-state index contributed by atoms with van der Waals surface area (Å²) in [5.74, 6) is 1.24. The highest BCUT2D eigenvalue weighted by Gasteiger charge is 2.08. The minimum atomic E-state index is 0.544. The normalized spacial score (nSPS) is 10.4. The Hall–Kier alpha value is -1.52. The molecule has 1 aromatic carbocycles. The minimum Gasteiger partial charge on any atom is -0.357 e. The maximum absolute atomic E-state index is 6.20. The first kappa shape index (κ1) is 13.9. The van der Waals surface area contributed by atoms with Gasteiger partial charge < -0.3 is 10.6 Å². The smallest absolute Gasteiger partial charge is 0.224 e. The molecule has 6 heteroatoms. The average molecular weight is 297 g/mol. The van der Waals surface area contributed by atoms with Gasteiger partial charge in [0, 0.05) is 23.8 Å². The van der Waals surface area contributed by atoms with E-state index in [0.717, 1.165) is 16.8 Å². The fourth-order valence-electron chi connectivity index (χ4n) is 1.56. The predicted molar refractivity (Wildman–Crippen MR) is 80.8 cm³/mol. The maximum Gasteiger partial charge on any atom is 0.224 e. The van der Waals surface area contributed by atoms with E-state index >= 15 is 0 Å². The van der Waals surface area contributed by atoms with Gasteiger partial charge in [0.1, 0.15) is 5.82 Å². The Bertz CT molecular complexity index is 614. The first-order valence-corrected chi connectivity index (χ1v) is 6.51. The second-order valence-electron chi connectivity index (χ2n) is 4.18. The van der Waals surface area contributed by atoms with Crippen LogP contribution >= 0.6 is 23.2 Å². The number of aromatic nitrogens is 2. The highest BCUT2D eigenvalue weighted by atomic mass is 35.5. The predicted octanol–water partition coefficient (Wildman–Crippen LogP) is 4.19. The van der Waals surface area contributed by atoms with Crippen molar-refractivity contribution in [1.82, 2.24) is 9.97 Å². The Labute approximate surface area is 122 Å². The van der Waals surface area contributed by atoms with Gasteiger partial charge in [0.15, 0.2) is 0 Å². The molecule has 0 amide bonds. The first-order valence-electron chi connectivity index (χ1n) is 5.75. The maximum atomic E-state index is 6.20. The fourth-order valence-corrected chi connectivity index (χ4v) is 1.99. The standard InChI is InChI=1S/C13H14Cl2N4/c1-7-4-10(15)11(5-9(7)14)18-12-8(2)6-17-13(16-3)19-12/h4-6H,1-3H3,(H2,16,17,18,19). The van der Waals surface area contributed by atoms with Crippen molar-refractivity contribution in [3.05, 3.63) is 39.5 Å². The summed E-state index contributed by atoms with van der Waals surface area (Å²) in [5, 5.41) is 7.33. The number of nitrogens with zero attached hydrogens (tertiary/aromatic N) is 2. The number of anilines is 3. The monoisotopic (exact) mass is 296 g/mol. The molecule has 0 spiro atoms. The van der Waals surface area contributed by atoms with Gasteiger partial charge in [-0.15, -0.1) is 0 Å². The van der Waals surface area contributed by atoms with E-state index in [9.17, 15) is 0 Å². The van der Waals surface area contributed by atoms with Crippen LogP contribution in [0.15, 0.2) is 18.3 Å². The van der Waals surface area contributed by atoms with Crippen LogP contribution in [0.4, 0.5) is 17.5 Å². The molecule has 0 aliphatic rings. The molecular weight excluding hydrogens is 283 g/mol. The summed E-state index contributed by atoms with van der Waals surface area (Å²) in [6.07, 6.45) is 1.74. The molecule has 0 unspecified atom stereocenters. The lowest BCUT2D eigenvalue weighted by Gasteiger charge is -2.12. The molecule has 1 aromatic heterocycles. The Morgan fingerprint density at radius 1 is 1.05 bits per heavy atom. The third-order valence-electron chi connectivity index (χ3n) is 2.70. The van der Waals surface area contributed by atoms with Gasteiger partial charge >= 0.3 is 0 Å². The van der Waals surface area contributed by atoms with Crippen molar-refractivity contribution in [1.29, 1.82) is 0 Å². The molecule has 0 saturated carbocycles. The summed E-state index contributed by atoms with van der Waals surface area (Å²) in [6.45, 7) is 3.83. The average Bonchev–Trinajstić information content (AvgIpc) is 2.38. The minimum absolute atomic E-state index is 0.544. The number of aryl methyl sites for hydroxylation is 2. The first-order chi connectivity index (χ1) is 9.01. The van der Waals surface area contributed by atoms with E-state index in [-0.39, 0.29) is 0 Å². The Kier molecular flexibility index (Phi) is 4.12. The second kappa shape index (κ2) is 5.63. The van der Waals surface area contributed by atoms with Gasteiger partial charge in [-0.1, -0.05) is 23.2 Å². The molecule has 2 rings (SSSR count). The lowest BCUT2D eigenvalue weighted by molar-refractivity contribution is 1.12. The van der Waals surface area contributed by atoms with E-state index in [1.54, 1.807) is 19.3 Å². The number of rotatable bonds is 3. The highest BCUT2D eigenvalue weighted by Crippen LogP contribution is 2.31. The van der Waals surface area contributed by atoms with Crippen LogP contribution in [0.3, 0.4) is 0 Å². The zero-order valence-corrected chi connectivity index (χ0v) is 12.4. The van der Waals surface area contributed by atoms with Gasteiger partial charge in [0.2, 0.25) is 5.95 Å². The molecule has 0 saturated heterocycles. The summed E-state index contributed by atoms with van der Waals surface area (Å²) in [5.41, 5.74) is 2.58. The van der Waals surface area contributed by atoms with Gasteiger partial charge in [-0.05, 0) is 31.5 Å². The molecule has 0 radical (unpaired) electrons. The largest absolute Gasteiger partial charge is 0.357 e. The summed E-state index contributed by atoms with van der Waals surface area (Å²) in [4.78, 5) is 8.48. The summed E-state index contributed by atoms with van der Waals surface area (Å²) < 4.78 is 0. The van der Waals surface area contributed by atoms with Crippen LogP contribution < -0.4 is 10.6 Å². The topological polar surface area (TPSA) is 49.8 Å². The third-order valence-corrected chi connectivity index (χ3v) is 3.42. The molecular formula is C13H14Cl2N4. The van der Waals surface area contributed by atoms with Crippen molar-refractivity contribution in [3.63, 3.8) is 0 Å². The number of nitrogens with one attached hydrogen (secondary N) is 2. The molecule has 4 nitrogen and oxygen atoms in total. The molecule has 100 valence electrons. The van der Waals surface area contributed by atoms with Crippen LogP contribution in [0.5, 0.6) is 0 Å². The molecule has 0 bridgehead atoms. The Morgan fingerprint density at radius 3 is 2.47 bits per heavy atom. The molecule has 0 aliphatic carbocycles. The van der Waals surface area contributed by atoms with Gasteiger partial charge in [-0.2, -0.15) is 4.98 Å². The van der Waals surface area contributed by atoms with Crippen LogP contribution in [-0.4, -0.2) is 17.0 Å².